The van der Waals surface area contributed by atoms with Crippen LogP contribution >= 0.6 is 11.3 Å². The highest BCUT2D eigenvalue weighted by molar-refractivity contribution is 7.94. The van der Waals surface area contributed by atoms with E-state index in [0.717, 1.165) is 16.2 Å². The molecule has 0 spiro atoms. The summed E-state index contributed by atoms with van der Waals surface area (Å²) in [5.41, 5.74) is 0.201. The minimum Gasteiger partial charge on any atom is -0.279 e. The van der Waals surface area contributed by atoms with Gasteiger partial charge in [0.05, 0.1) is 4.92 Å². The van der Waals surface area contributed by atoms with Crippen molar-refractivity contribution in [2.75, 3.05) is 4.72 Å². The van der Waals surface area contributed by atoms with Gasteiger partial charge in [0.2, 0.25) is 0 Å². The third kappa shape index (κ3) is 3.09. The molecule has 0 bridgehead atoms. The first-order chi connectivity index (χ1) is 8.88. The quantitative estimate of drug-likeness (QED) is 0.694. The Morgan fingerprint density at radius 2 is 1.79 bits per heavy atom. The van der Waals surface area contributed by atoms with E-state index < -0.39 is 14.9 Å². The van der Waals surface area contributed by atoms with E-state index in [2.05, 4.69) is 4.72 Å². The van der Waals surface area contributed by atoms with E-state index in [9.17, 15) is 18.5 Å². The van der Waals surface area contributed by atoms with Crippen molar-refractivity contribution in [3.8, 4) is 0 Å². The van der Waals surface area contributed by atoms with Crippen molar-refractivity contribution in [3.63, 3.8) is 0 Å². The molecule has 19 heavy (non-hydrogen) atoms. The minimum absolute atomic E-state index is 0.0880. The molecule has 0 amide bonds. The number of non-ortho nitro benzene ring substituents is 1. The number of sulfonamides is 1. The monoisotopic (exact) mass is 298 g/mol. The van der Waals surface area contributed by atoms with Crippen LogP contribution in [0.3, 0.4) is 0 Å². The Balaban J connectivity index is 2.23. The molecule has 8 heteroatoms. The molecular weight excluding hydrogens is 288 g/mol. The molecule has 0 radical (unpaired) electrons. The second kappa shape index (κ2) is 4.98. The van der Waals surface area contributed by atoms with Gasteiger partial charge in [0.15, 0.2) is 0 Å². The highest BCUT2D eigenvalue weighted by Gasteiger charge is 2.16. The van der Waals surface area contributed by atoms with Gasteiger partial charge in [-0.1, -0.05) is 0 Å². The molecule has 2 rings (SSSR count). The summed E-state index contributed by atoms with van der Waals surface area (Å²) in [6.45, 7) is 1.82. The predicted octanol–water partition coefficient (Wildman–Crippen LogP) is 2.77. The van der Waals surface area contributed by atoms with Crippen molar-refractivity contribution in [1.82, 2.24) is 0 Å². The van der Waals surface area contributed by atoms with Gasteiger partial charge in [0, 0.05) is 22.7 Å². The van der Waals surface area contributed by atoms with E-state index in [1.807, 2.05) is 6.92 Å². The Kier molecular flexibility index (Phi) is 3.54. The van der Waals surface area contributed by atoms with Crippen LogP contribution in [0.2, 0.25) is 0 Å². The molecule has 0 saturated heterocycles. The van der Waals surface area contributed by atoms with Gasteiger partial charge in [0.1, 0.15) is 4.21 Å². The summed E-state index contributed by atoms with van der Waals surface area (Å²) in [5.74, 6) is 0. The number of nitrogens with one attached hydrogen (secondary N) is 1. The van der Waals surface area contributed by atoms with Gasteiger partial charge in [-0.25, -0.2) is 8.42 Å². The second-order valence-corrected chi connectivity index (χ2v) is 6.97. The molecule has 0 unspecified atom stereocenters. The lowest BCUT2D eigenvalue weighted by molar-refractivity contribution is -0.384. The lowest BCUT2D eigenvalue weighted by atomic mass is 10.3. The van der Waals surface area contributed by atoms with Crippen LogP contribution in [-0.2, 0) is 10.0 Å². The molecule has 0 aliphatic heterocycles. The van der Waals surface area contributed by atoms with E-state index >= 15 is 0 Å². The average molecular weight is 298 g/mol. The van der Waals surface area contributed by atoms with Crippen molar-refractivity contribution in [2.24, 2.45) is 0 Å². The second-order valence-electron chi connectivity index (χ2n) is 3.77. The van der Waals surface area contributed by atoms with E-state index in [0.29, 0.717) is 0 Å². The summed E-state index contributed by atoms with van der Waals surface area (Å²) in [6.07, 6.45) is 0. The smallest absolute Gasteiger partial charge is 0.271 e. The highest BCUT2D eigenvalue weighted by Crippen LogP contribution is 2.24. The lowest BCUT2D eigenvalue weighted by Gasteiger charge is -2.05. The third-order valence-electron chi connectivity index (χ3n) is 2.31. The largest absolute Gasteiger partial charge is 0.279 e. The first-order valence-electron chi connectivity index (χ1n) is 5.22. The standard InChI is InChI=1S/C11H10N2O4S2/c1-8-2-7-11(18-8)19(16,17)12-9-3-5-10(6-4-9)13(14)15/h2-7,12H,1H3. The molecule has 6 nitrogen and oxygen atoms in total. The molecule has 2 aromatic rings. The minimum atomic E-state index is -3.63. The summed E-state index contributed by atoms with van der Waals surface area (Å²) < 4.78 is 26.6. The summed E-state index contributed by atoms with van der Waals surface area (Å²) in [7, 11) is -3.63. The van der Waals surface area contributed by atoms with E-state index in [1.165, 1.54) is 30.3 Å². The number of hydrogen-bond donors (Lipinski definition) is 1. The van der Waals surface area contributed by atoms with Crippen molar-refractivity contribution < 1.29 is 13.3 Å². The zero-order valence-corrected chi connectivity index (χ0v) is 11.5. The number of nitro groups is 1. The van der Waals surface area contributed by atoms with Crippen LogP contribution in [0.25, 0.3) is 0 Å². The summed E-state index contributed by atoms with van der Waals surface area (Å²) in [4.78, 5) is 10.8. The fourth-order valence-corrected chi connectivity index (χ4v) is 3.76. The normalized spacial score (nSPS) is 11.2. The maximum absolute atomic E-state index is 12.0. The molecule has 1 N–H and O–H groups in total. The SMILES string of the molecule is Cc1ccc(S(=O)(=O)Nc2ccc([N+](=O)[O-])cc2)s1. The van der Waals surface area contributed by atoms with Crippen molar-refractivity contribution in [3.05, 3.63) is 51.4 Å². The predicted molar refractivity (Wildman–Crippen MR) is 73.0 cm³/mol. The topological polar surface area (TPSA) is 89.3 Å². The Morgan fingerprint density at radius 3 is 2.26 bits per heavy atom. The van der Waals surface area contributed by atoms with E-state index in [1.54, 1.807) is 6.07 Å². The van der Waals surface area contributed by atoms with Crippen LogP contribution in [0.15, 0.2) is 40.6 Å². The zero-order chi connectivity index (χ0) is 14.0. The number of nitrogens with zero attached hydrogens (tertiary/aromatic N) is 1. The Hall–Kier alpha value is -1.93. The molecule has 1 heterocycles. The average Bonchev–Trinajstić information content (AvgIpc) is 2.77. The number of anilines is 1. The molecule has 0 aliphatic rings. The number of benzene rings is 1. The summed E-state index contributed by atoms with van der Waals surface area (Å²) in [5, 5.41) is 10.5. The number of hydrogen-bond acceptors (Lipinski definition) is 5. The third-order valence-corrected chi connectivity index (χ3v) is 5.18. The van der Waals surface area contributed by atoms with Gasteiger partial charge >= 0.3 is 0 Å². The van der Waals surface area contributed by atoms with Gasteiger partial charge in [-0.3, -0.25) is 14.8 Å². The fraction of sp³-hybridized carbons (Fsp3) is 0.0909. The first-order valence-corrected chi connectivity index (χ1v) is 7.52. The molecule has 0 saturated carbocycles. The van der Waals surface area contributed by atoms with Crippen LogP contribution in [0.1, 0.15) is 4.88 Å². The van der Waals surface area contributed by atoms with Crippen LogP contribution in [0.4, 0.5) is 11.4 Å². The molecule has 0 fully saturated rings. The Bertz CT molecular complexity index is 705. The van der Waals surface area contributed by atoms with Crippen LogP contribution in [0.5, 0.6) is 0 Å². The molecule has 0 atom stereocenters. The van der Waals surface area contributed by atoms with Gasteiger partial charge < -0.3 is 0 Å². The first kappa shape index (κ1) is 13.5. The van der Waals surface area contributed by atoms with Crippen LogP contribution < -0.4 is 4.72 Å². The molecule has 100 valence electrons. The number of aryl methyl sites for hydroxylation is 1. The number of thiophene rings is 1. The van der Waals surface area contributed by atoms with Crippen LogP contribution in [-0.4, -0.2) is 13.3 Å². The van der Waals surface area contributed by atoms with Gasteiger partial charge in [-0.2, -0.15) is 0 Å². The molecule has 1 aromatic heterocycles. The van der Waals surface area contributed by atoms with E-state index in [4.69, 9.17) is 0 Å². The Labute approximate surface area is 113 Å². The van der Waals surface area contributed by atoms with Crippen molar-refractivity contribution >= 4 is 32.7 Å². The maximum Gasteiger partial charge on any atom is 0.271 e. The Morgan fingerprint density at radius 1 is 1.16 bits per heavy atom. The van der Waals surface area contributed by atoms with Gasteiger partial charge in [-0.05, 0) is 31.2 Å². The number of nitro benzene ring substituents is 1. The number of rotatable bonds is 4. The van der Waals surface area contributed by atoms with Gasteiger partial charge in [-0.15, -0.1) is 11.3 Å². The fourth-order valence-electron chi connectivity index (χ4n) is 1.41. The molecule has 0 aliphatic carbocycles. The zero-order valence-electron chi connectivity index (χ0n) is 9.86. The van der Waals surface area contributed by atoms with Gasteiger partial charge in [0.25, 0.3) is 15.7 Å². The van der Waals surface area contributed by atoms with Crippen LogP contribution in [0, 0.1) is 17.0 Å². The summed E-state index contributed by atoms with van der Waals surface area (Å²) in [6, 6.07) is 8.45. The molecule has 1 aromatic carbocycles. The van der Waals surface area contributed by atoms with Crippen molar-refractivity contribution in [1.29, 1.82) is 0 Å². The summed E-state index contributed by atoms with van der Waals surface area (Å²) >= 11 is 1.16. The maximum atomic E-state index is 12.0. The lowest BCUT2D eigenvalue weighted by Crippen LogP contribution is -2.11. The van der Waals surface area contributed by atoms with E-state index in [-0.39, 0.29) is 15.6 Å². The van der Waals surface area contributed by atoms with Crippen molar-refractivity contribution in [2.45, 2.75) is 11.1 Å². The molecular formula is C11H10N2O4S2. The highest BCUT2D eigenvalue weighted by atomic mass is 32.2.